The molecule has 5 nitrogen and oxygen atoms in total. The molecule has 2 aromatic rings. The molecule has 3 rings (SSSR count). The molecule has 0 bridgehead atoms. The molecule has 136 valence electrons. The minimum Gasteiger partial charge on any atom is -0.466 e. The molecule has 1 N–H and O–H groups in total. The maximum Gasteiger partial charge on any atom is 0.321 e. The lowest BCUT2D eigenvalue weighted by Gasteiger charge is -2.30. The third kappa shape index (κ3) is 4.42. The van der Waals surface area contributed by atoms with E-state index < -0.39 is 0 Å². The van der Waals surface area contributed by atoms with Gasteiger partial charge in [-0.1, -0.05) is 42.5 Å². The zero-order valence-electron chi connectivity index (χ0n) is 15.0. The van der Waals surface area contributed by atoms with Gasteiger partial charge in [-0.3, -0.25) is 4.79 Å². The van der Waals surface area contributed by atoms with E-state index in [4.69, 9.17) is 4.74 Å². The second-order valence-electron chi connectivity index (χ2n) is 6.39. The van der Waals surface area contributed by atoms with Crippen LogP contribution >= 0.6 is 0 Å². The van der Waals surface area contributed by atoms with Crippen LogP contribution < -0.4 is 5.32 Å². The number of likely N-dealkylation sites (tertiary alicyclic amines) is 1. The van der Waals surface area contributed by atoms with Crippen molar-refractivity contribution in [1.82, 2.24) is 4.90 Å². The molecule has 1 aliphatic rings. The van der Waals surface area contributed by atoms with Crippen molar-refractivity contribution in [2.75, 3.05) is 25.0 Å². The lowest BCUT2D eigenvalue weighted by atomic mass is 9.97. The van der Waals surface area contributed by atoms with Crippen LogP contribution in [0.4, 0.5) is 10.5 Å². The molecule has 26 heavy (non-hydrogen) atoms. The highest BCUT2D eigenvalue weighted by Crippen LogP contribution is 2.22. The van der Waals surface area contributed by atoms with Crippen molar-refractivity contribution in [2.45, 2.75) is 19.8 Å². The fraction of sp³-hybridized carbons (Fsp3) is 0.333. The Balaban J connectivity index is 1.53. The molecule has 0 unspecified atom stereocenters. The van der Waals surface area contributed by atoms with Gasteiger partial charge in [-0.25, -0.2) is 4.79 Å². The van der Waals surface area contributed by atoms with Gasteiger partial charge in [0.1, 0.15) is 0 Å². The highest BCUT2D eigenvalue weighted by atomic mass is 16.5. The van der Waals surface area contributed by atoms with Gasteiger partial charge in [0, 0.05) is 18.8 Å². The van der Waals surface area contributed by atoms with E-state index in [-0.39, 0.29) is 17.9 Å². The molecule has 0 aromatic heterocycles. The number of esters is 1. The van der Waals surface area contributed by atoms with Crippen LogP contribution in [0.1, 0.15) is 19.8 Å². The average Bonchev–Trinajstić information content (AvgIpc) is 2.69. The van der Waals surface area contributed by atoms with Gasteiger partial charge in [-0.15, -0.1) is 0 Å². The number of hydrogen-bond donors (Lipinski definition) is 1. The number of benzene rings is 2. The maximum atomic E-state index is 12.4. The molecule has 1 heterocycles. The van der Waals surface area contributed by atoms with Crippen molar-refractivity contribution in [3.05, 3.63) is 54.6 Å². The summed E-state index contributed by atoms with van der Waals surface area (Å²) in [6, 6.07) is 17.8. The number of urea groups is 1. The molecular formula is C21H24N2O3. The van der Waals surface area contributed by atoms with Gasteiger partial charge in [0.25, 0.3) is 0 Å². The Hall–Kier alpha value is -2.82. The number of piperidine rings is 1. The number of anilines is 1. The quantitative estimate of drug-likeness (QED) is 0.841. The summed E-state index contributed by atoms with van der Waals surface area (Å²) in [7, 11) is 0. The van der Waals surface area contributed by atoms with Crippen LogP contribution in [-0.2, 0) is 9.53 Å². The predicted molar refractivity (Wildman–Crippen MR) is 102 cm³/mol. The standard InChI is InChI=1S/C21H24N2O3/c1-2-26-20(24)18-12-14-23(15-13-18)21(25)22-19-10-8-17(9-11-19)16-6-4-3-5-7-16/h3-11,18H,2,12-15H2,1H3,(H,22,25). The Morgan fingerprint density at radius 1 is 1.00 bits per heavy atom. The first-order valence-corrected chi connectivity index (χ1v) is 9.05. The van der Waals surface area contributed by atoms with Gasteiger partial charge >= 0.3 is 12.0 Å². The Morgan fingerprint density at radius 2 is 1.62 bits per heavy atom. The van der Waals surface area contributed by atoms with Crippen molar-refractivity contribution in [3.63, 3.8) is 0 Å². The Morgan fingerprint density at radius 3 is 2.23 bits per heavy atom. The number of carbonyl (C=O) groups is 2. The van der Waals surface area contributed by atoms with Crippen LogP contribution in [0.5, 0.6) is 0 Å². The van der Waals surface area contributed by atoms with Gasteiger partial charge in [0.15, 0.2) is 0 Å². The molecule has 1 aliphatic heterocycles. The van der Waals surface area contributed by atoms with Crippen LogP contribution in [0.2, 0.25) is 0 Å². The molecule has 0 aliphatic carbocycles. The Kier molecular flexibility index (Phi) is 5.89. The SMILES string of the molecule is CCOC(=O)C1CCN(C(=O)Nc2ccc(-c3ccccc3)cc2)CC1. The van der Waals surface area contributed by atoms with Crippen LogP contribution in [0, 0.1) is 5.92 Å². The first-order valence-electron chi connectivity index (χ1n) is 9.05. The second-order valence-corrected chi connectivity index (χ2v) is 6.39. The van der Waals surface area contributed by atoms with Crippen LogP contribution in [0.25, 0.3) is 11.1 Å². The van der Waals surface area contributed by atoms with E-state index in [2.05, 4.69) is 17.4 Å². The summed E-state index contributed by atoms with van der Waals surface area (Å²) < 4.78 is 5.06. The molecular weight excluding hydrogens is 328 g/mol. The van der Waals surface area contributed by atoms with Crippen molar-refractivity contribution in [1.29, 1.82) is 0 Å². The molecule has 1 fully saturated rings. The van der Waals surface area contributed by atoms with Crippen molar-refractivity contribution < 1.29 is 14.3 Å². The largest absolute Gasteiger partial charge is 0.466 e. The number of rotatable bonds is 4. The van der Waals surface area contributed by atoms with E-state index in [1.165, 1.54) is 0 Å². The van der Waals surface area contributed by atoms with Crippen molar-refractivity contribution >= 4 is 17.7 Å². The minimum atomic E-state index is -0.149. The molecule has 0 radical (unpaired) electrons. The van der Waals surface area contributed by atoms with Crippen molar-refractivity contribution in [3.8, 4) is 11.1 Å². The number of hydrogen-bond acceptors (Lipinski definition) is 3. The van der Waals surface area contributed by atoms with E-state index in [1.807, 2.05) is 49.4 Å². The normalized spacial score (nSPS) is 14.7. The van der Waals surface area contributed by atoms with E-state index in [9.17, 15) is 9.59 Å². The zero-order chi connectivity index (χ0) is 18.4. The molecule has 2 aromatic carbocycles. The highest BCUT2D eigenvalue weighted by molar-refractivity contribution is 5.90. The fourth-order valence-corrected chi connectivity index (χ4v) is 3.16. The fourth-order valence-electron chi connectivity index (χ4n) is 3.16. The van der Waals surface area contributed by atoms with Crippen LogP contribution in [0.15, 0.2) is 54.6 Å². The Labute approximate surface area is 154 Å². The molecule has 0 atom stereocenters. The zero-order valence-corrected chi connectivity index (χ0v) is 15.0. The summed E-state index contributed by atoms with van der Waals surface area (Å²) in [5, 5.41) is 2.93. The third-order valence-electron chi connectivity index (χ3n) is 4.65. The van der Waals surface area contributed by atoms with Gasteiger partial charge < -0.3 is 15.0 Å². The Bertz CT molecular complexity index is 736. The highest BCUT2D eigenvalue weighted by Gasteiger charge is 2.28. The first-order chi connectivity index (χ1) is 12.7. The summed E-state index contributed by atoms with van der Waals surface area (Å²) >= 11 is 0. The third-order valence-corrected chi connectivity index (χ3v) is 4.65. The van der Waals surface area contributed by atoms with Crippen LogP contribution in [0.3, 0.4) is 0 Å². The molecule has 0 saturated carbocycles. The number of carbonyl (C=O) groups excluding carboxylic acids is 2. The smallest absolute Gasteiger partial charge is 0.321 e. The maximum absolute atomic E-state index is 12.4. The average molecular weight is 352 g/mol. The number of nitrogens with one attached hydrogen (secondary N) is 1. The van der Waals surface area contributed by atoms with Gasteiger partial charge in [0.05, 0.1) is 12.5 Å². The first kappa shape index (κ1) is 18.0. The topological polar surface area (TPSA) is 58.6 Å². The molecule has 0 spiro atoms. The number of amides is 2. The van der Waals surface area contributed by atoms with Gasteiger partial charge in [0.2, 0.25) is 0 Å². The van der Waals surface area contributed by atoms with Crippen molar-refractivity contribution in [2.24, 2.45) is 5.92 Å². The summed E-state index contributed by atoms with van der Waals surface area (Å²) in [4.78, 5) is 25.9. The van der Waals surface area contributed by atoms with Gasteiger partial charge in [-0.2, -0.15) is 0 Å². The van der Waals surface area contributed by atoms with E-state index in [0.29, 0.717) is 32.5 Å². The summed E-state index contributed by atoms with van der Waals surface area (Å²) in [5.74, 6) is -0.242. The van der Waals surface area contributed by atoms with E-state index in [1.54, 1.807) is 4.90 Å². The second kappa shape index (κ2) is 8.52. The molecule has 2 amide bonds. The van der Waals surface area contributed by atoms with Crippen LogP contribution in [-0.4, -0.2) is 36.6 Å². The molecule has 1 saturated heterocycles. The minimum absolute atomic E-state index is 0.0934. The summed E-state index contributed by atoms with van der Waals surface area (Å²) in [5.41, 5.74) is 3.02. The summed E-state index contributed by atoms with van der Waals surface area (Å²) in [6.45, 7) is 3.34. The monoisotopic (exact) mass is 352 g/mol. The lowest BCUT2D eigenvalue weighted by molar-refractivity contribution is -0.149. The van der Waals surface area contributed by atoms with E-state index >= 15 is 0 Å². The number of nitrogens with zero attached hydrogens (tertiary/aromatic N) is 1. The summed E-state index contributed by atoms with van der Waals surface area (Å²) in [6.07, 6.45) is 1.30. The molecule has 5 heteroatoms. The number of ether oxygens (including phenoxy) is 1. The lowest BCUT2D eigenvalue weighted by Crippen LogP contribution is -2.42. The van der Waals surface area contributed by atoms with E-state index in [0.717, 1.165) is 16.8 Å². The van der Waals surface area contributed by atoms with Gasteiger partial charge in [-0.05, 0) is 43.0 Å². The predicted octanol–water partition coefficient (Wildman–Crippen LogP) is 4.16.